The van der Waals surface area contributed by atoms with Crippen LogP contribution in [0.3, 0.4) is 0 Å². The number of rotatable bonds is 28. The van der Waals surface area contributed by atoms with Crippen molar-refractivity contribution in [2.75, 3.05) is 83.1 Å². The molecule has 14 rings (SSSR count). The molecule has 3 aliphatic rings. The lowest BCUT2D eigenvalue weighted by Gasteiger charge is -2.30. The van der Waals surface area contributed by atoms with E-state index in [1.54, 1.807) is 26.6 Å². The van der Waals surface area contributed by atoms with Gasteiger partial charge in [0.2, 0.25) is 5.28 Å². The summed E-state index contributed by atoms with van der Waals surface area (Å²) in [4.78, 5) is 34.4. The molecule has 3 aliphatic heterocycles. The van der Waals surface area contributed by atoms with Gasteiger partial charge in [0.15, 0.2) is 16.9 Å². The molecule has 0 bridgehead atoms. The van der Waals surface area contributed by atoms with E-state index in [2.05, 4.69) is 152 Å². The highest BCUT2D eigenvalue weighted by molar-refractivity contribution is 6.28. The number of nitrogens with two attached hydrogens (primary N) is 1. The van der Waals surface area contributed by atoms with E-state index < -0.39 is 0 Å². The molecular weight excluding hydrogens is 1220 g/mol. The smallest absolute Gasteiger partial charge is 0.320 e. The molecule has 0 radical (unpaired) electrons. The third-order valence-corrected chi connectivity index (χ3v) is 17.4. The highest BCUT2D eigenvalue weighted by atomic mass is 35.5. The largest absolute Gasteiger partial charge is 0.497 e. The number of methoxy groups -OCH3 is 2. The monoisotopic (exact) mass is 1300 g/mol. The van der Waals surface area contributed by atoms with Crippen LogP contribution in [0.1, 0.15) is 103 Å². The van der Waals surface area contributed by atoms with E-state index in [0.29, 0.717) is 75.2 Å². The number of fused-ring (bicyclic) bond motifs is 3. The van der Waals surface area contributed by atoms with Gasteiger partial charge in [0.1, 0.15) is 29.0 Å². The number of benzene rings is 5. The predicted molar refractivity (Wildman–Crippen MR) is 373 cm³/mol. The van der Waals surface area contributed by atoms with Crippen LogP contribution in [0.2, 0.25) is 5.28 Å². The summed E-state index contributed by atoms with van der Waals surface area (Å²) in [5.74, 6) is 3.47. The van der Waals surface area contributed by atoms with Gasteiger partial charge in [-0.1, -0.05) is 124 Å². The second-order valence-electron chi connectivity index (χ2n) is 24.4. The second-order valence-corrected chi connectivity index (χ2v) is 24.7. The Labute approximate surface area is 559 Å². The van der Waals surface area contributed by atoms with Crippen molar-refractivity contribution in [3.05, 3.63) is 190 Å². The standard InChI is InChI=1S/C28H34N6O2.C24H25ClN6O.C20H26N6O/c1-3-4-15-36-28-31-26(29-17-21-9-11-24(35-2)12-10-21)25-18-30-34(27(25)32-28)20-23-8-5-7-22(16-23)19-33-13-6-14-33;1-32-20-8-6-17(7-9-20)13-26-22-21-14-27-31(23(21)29-24(25)28-22)16-19-5-2-4-18(12-19)15-30-10-3-11-30;1-2-3-10-27-20-23-18(21)17-12-22-26(19(17)24-20)14-16-7-4-6-15(11-16)13-25-8-5-9-25/h5,7-12,16,18H,3-4,6,13-15,17,19-20H2,1-2H3,(H,29,31,32);2,4-9,12,14H,3,10-11,13,15-16H2,1H3,(H,26,28,29);4,6-7,11-12H,2-3,5,8-10,13-14H2,1H3,(H2,21,23,24). The van der Waals surface area contributed by atoms with Crippen molar-refractivity contribution in [3.8, 4) is 23.5 Å². The van der Waals surface area contributed by atoms with Gasteiger partial charge in [-0.15, -0.1) is 0 Å². The van der Waals surface area contributed by atoms with Crippen LogP contribution in [-0.4, -0.2) is 141 Å². The normalized spacial score (nSPS) is 13.9. The van der Waals surface area contributed by atoms with Crippen LogP contribution in [0.4, 0.5) is 17.5 Å². The second kappa shape index (κ2) is 32.1. The molecule has 5 aromatic carbocycles. The van der Waals surface area contributed by atoms with Gasteiger partial charge in [0.05, 0.1) is 81.8 Å². The number of unbranched alkanes of at least 4 members (excludes halogenated alkanes) is 2. The number of hydrogen-bond donors (Lipinski definition) is 3. The first-order chi connectivity index (χ1) is 46.6. The molecule has 22 nitrogen and oxygen atoms in total. The number of ether oxygens (including phenoxy) is 4. The molecular formula is C72H85ClN18O4. The average Bonchev–Trinajstić information content (AvgIpc) is 1.70. The molecule has 0 spiro atoms. The third kappa shape index (κ3) is 17.5. The van der Waals surface area contributed by atoms with Crippen molar-refractivity contribution < 1.29 is 18.9 Å². The first-order valence-electron chi connectivity index (χ1n) is 33.1. The Hall–Kier alpha value is -9.48. The molecule has 0 saturated carbocycles. The molecule has 23 heteroatoms. The molecule has 4 N–H and O–H groups in total. The molecule has 0 atom stereocenters. The molecule has 95 heavy (non-hydrogen) atoms. The van der Waals surface area contributed by atoms with Gasteiger partial charge in [-0.2, -0.15) is 45.2 Å². The average molecular weight is 1300 g/mol. The number of hydrogen-bond acceptors (Lipinski definition) is 19. The molecule has 0 amide bonds. The summed E-state index contributed by atoms with van der Waals surface area (Å²) in [5.41, 5.74) is 18.1. The molecule has 0 aliphatic carbocycles. The van der Waals surface area contributed by atoms with E-state index in [1.165, 1.54) is 91.9 Å². The van der Waals surface area contributed by atoms with Crippen molar-refractivity contribution >= 4 is 62.2 Å². The van der Waals surface area contributed by atoms with Crippen molar-refractivity contribution in [2.24, 2.45) is 0 Å². The van der Waals surface area contributed by atoms with Gasteiger partial charge in [-0.05, 0) is 152 Å². The fourth-order valence-electron chi connectivity index (χ4n) is 11.4. The molecule has 11 aromatic rings. The Morgan fingerprint density at radius 2 is 0.800 bits per heavy atom. The van der Waals surface area contributed by atoms with Crippen LogP contribution < -0.4 is 35.3 Å². The van der Waals surface area contributed by atoms with E-state index in [4.69, 9.17) is 41.3 Å². The summed E-state index contributed by atoms with van der Waals surface area (Å²) in [7, 11) is 3.33. The number of nitrogens with one attached hydrogen (secondary N) is 2. The van der Waals surface area contributed by atoms with Crippen molar-refractivity contribution in [3.63, 3.8) is 0 Å². The summed E-state index contributed by atoms with van der Waals surface area (Å²) in [5, 5.41) is 23.2. The van der Waals surface area contributed by atoms with E-state index in [9.17, 15) is 0 Å². The Kier molecular flexibility index (Phi) is 22.2. The van der Waals surface area contributed by atoms with Crippen molar-refractivity contribution in [1.82, 2.24) is 73.9 Å². The highest BCUT2D eigenvalue weighted by Crippen LogP contribution is 2.28. The molecule has 9 heterocycles. The molecule has 3 fully saturated rings. The highest BCUT2D eigenvalue weighted by Gasteiger charge is 2.20. The molecule has 6 aromatic heterocycles. The fraction of sp³-hybridized carbons (Fsp3) is 0.375. The van der Waals surface area contributed by atoms with Gasteiger partial charge in [0, 0.05) is 32.7 Å². The van der Waals surface area contributed by atoms with Crippen LogP contribution in [0.25, 0.3) is 33.1 Å². The Balaban J connectivity index is 0.000000138. The minimum atomic E-state index is 0.197. The molecule has 494 valence electrons. The van der Waals surface area contributed by atoms with E-state index in [1.807, 2.05) is 68.8 Å². The number of halogens is 1. The predicted octanol–water partition coefficient (Wildman–Crippen LogP) is 12.1. The lowest BCUT2D eigenvalue weighted by atomic mass is 10.1. The van der Waals surface area contributed by atoms with E-state index in [0.717, 1.165) is 101 Å². The fourth-order valence-corrected chi connectivity index (χ4v) is 11.6. The zero-order chi connectivity index (χ0) is 65.3. The first-order valence-corrected chi connectivity index (χ1v) is 33.5. The van der Waals surface area contributed by atoms with Crippen LogP contribution in [0.15, 0.2) is 140 Å². The summed E-state index contributed by atoms with van der Waals surface area (Å²) >= 11 is 6.26. The minimum Gasteiger partial charge on any atom is -0.497 e. The zero-order valence-electron chi connectivity index (χ0n) is 54.8. The van der Waals surface area contributed by atoms with Gasteiger partial charge < -0.3 is 35.3 Å². The van der Waals surface area contributed by atoms with Gasteiger partial charge in [-0.25, -0.2) is 14.0 Å². The Bertz CT molecular complexity index is 4280. The Morgan fingerprint density at radius 3 is 1.19 bits per heavy atom. The van der Waals surface area contributed by atoms with Crippen LogP contribution >= 0.6 is 11.6 Å². The van der Waals surface area contributed by atoms with Crippen LogP contribution in [0.5, 0.6) is 23.5 Å². The van der Waals surface area contributed by atoms with Crippen molar-refractivity contribution in [1.29, 1.82) is 0 Å². The van der Waals surface area contributed by atoms with E-state index >= 15 is 0 Å². The van der Waals surface area contributed by atoms with Gasteiger partial charge >= 0.3 is 12.0 Å². The summed E-state index contributed by atoms with van der Waals surface area (Å²) in [6.45, 7) is 18.8. The molecule has 3 saturated heterocycles. The summed E-state index contributed by atoms with van der Waals surface area (Å²) in [6, 6.07) is 42.7. The maximum atomic E-state index is 6.26. The Morgan fingerprint density at radius 1 is 0.432 bits per heavy atom. The number of nitrogen functional groups attached to an aromatic ring is 1. The first kappa shape index (κ1) is 65.6. The number of aromatic nitrogens is 12. The maximum Gasteiger partial charge on any atom is 0.320 e. The van der Waals surface area contributed by atoms with E-state index in [-0.39, 0.29) is 5.28 Å². The van der Waals surface area contributed by atoms with Crippen molar-refractivity contribution in [2.45, 2.75) is 111 Å². The third-order valence-electron chi connectivity index (χ3n) is 17.2. The number of anilines is 3. The number of likely N-dealkylation sites (tertiary alicyclic amines) is 3. The quantitative estimate of drug-likeness (QED) is 0.0306. The lowest BCUT2D eigenvalue weighted by Crippen LogP contribution is -2.36. The van der Waals surface area contributed by atoms with Crippen LogP contribution in [0, 0.1) is 0 Å². The summed E-state index contributed by atoms with van der Waals surface area (Å²) in [6.07, 6.45) is 13.3. The van der Waals surface area contributed by atoms with Gasteiger partial charge in [0.25, 0.3) is 0 Å². The van der Waals surface area contributed by atoms with Crippen LogP contribution in [-0.2, 0) is 52.4 Å². The topological polar surface area (TPSA) is 228 Å². The zero-order valence-corrected chi connectivity index (χ0v) is 55.6. The van der Waals surface area contributed by atoms with Gasteiger partial charge in [-0.3, -0.25) is 14.7 Å². The number of nitrogens with zero attached hydrogens (tertiary/aromatic N) is 15. The maximum absolute atomic E-state index is 6.26. The summed E-state index contributed by atoms with van der Waals surface area (Å²) < 4.78 is 27.7. The minimum absolute atomic E-state index is 0.197. The SMILES string of the molecule is CCCCOc1nc(N)c2cnn(Cc3cccc(CN4CCC4)c3)c2n1.CCCCOc1nc(NCc2ccc(OC)cc2)c2cnn(Cc3cccc(CN4CCC4)c3)c2n1.COc1ccc(CNc2nc(Cl)nc3c2cnn3Cc2cccc(CN3CCC3)c2)cc1. The molecule has 0 unspecified atom stereocenters. The lowest BCUT2D eigenvalue weighted by molar-refractivity contribution is 0.172.